The Morgan fingerprint density at radius 3 is 2.76 bits per heavy atom. The zero-order valence-electron chi connectivity index (χ0n) is 15.6. The number of fused-ring (bicyclic) bond motifs is 1. The van der Waals surface area contributed by atoms with Gasteiger partial charge < -0.3 is 10.2 Å². The number of amides is 1. The summed E-state index contributed by atoms with van der Waals surface area (Å²) in [6.45, 7) is 2.15. The fourth-order valence-electron chi connectivity index (χ4n) is 4.08. The summed E-state index contributed by atoms with van der Waals surface area (Å²) in [5.41, 5.74) is 2.75. The molecule has 2 atom stereocenters. The van der Waals surface area contributed by atoms with Gasteiger partial charge in [-0.2, -0.15) is 0 Å². The number of halogens is 2. The van der Waals surface area contributed by atoms with E-state index in [1.807, 2.05) is 12.3 Å². The molecular formula is C21H19F2N5O. The normalized spacial score (nSPS) is 23.9. The van der Waals surface area contributed by atoms with Gasteiger partial charge in [0.1, 0.15) is 17.7 Å². The predicted molar refractivity (Wildman–Crippen MR) is 104 cm³/mol. The Hall–Kier alpha value is -3.03. The molecule has 1 aromatic carbocycles. The van der Waals surface area contributed by atoms with Crippen LogP contribution in [0.1, 0.15) is 19.3 Å². The van der Waals surface area contributed by atoms with E-state index in [1.54, 1.807) is 6.20 Å². The number of carbonyl (C=O) groups is 1. The molecule has 8 heteroatoms. The van der Waals surface area contributed by atoms with E-state index in [4.69, 9.17) is 0 Å². The second-order valence-electron chi connectivity index (χ2n) is 8.55. The van der Waals surface area contributed by atoms with Crippen molar-refractivity contribution in [3.05, 3.63) is 42.5 Å². The quantitative estimate of drug-likeness (QED) is 0.735. The molecule has 3 aliphatic rings. The molecule has 3 aromatic rings. The Morgan fingerprint density at radius 1 is 1.24 bits per heavy atom. The molecule has 0 radical (unpaired) electrons. The van der Waals surface area contributed by atoms with E-state index in [0.717, 1.165) is 24.2 Å². The lowest BCUT2D eigenvalue weighted by Gasteiger charge is -2.41. The van der Waals surface area contributed by atoms with Gasteiger partial charge in [-0.25, -0.2) is 18.4 Å². The largest absolute Gasteiger partial charge is 0.369 e. The second kappa shape index (κ2) is 5.75. The van der Waals surface area contributed by atoms with E-state index in [-0.39, 0.29) is 18.0 Å². The van der Waals surface area contributed by atoms with Crippen LogP contribution in [0.4, 0.5) is 20.2 Å². The van der Waals surface area contributed by atoms with Crippen LogP contribution >= 0.6 is 0 Å². The van der Waals surface area contributed by atoms with Crippen LogP contribution in [0.5, 0.6) is 0 Å². The first-order valence-electron chi connectivity index (χ1n) is 9.85. The Labute approximate surface area is 165 Å². The number of benzene rings is 1. The van der Waals surface area contributed by atoms with Crippen LogP contribution in [0.2, 0.25) is 0 Å². The number of pyridine rings is 1. The van der Waals surface area contributed by atoms with Gasteiger partial charge in [0.2, 0.25) is 5.91 Å². The molecule has 0 bridgehead atoms. The monoisotopic (exact) mass is 395 g/mol. The highest BCUT2D eigenvalue weighted by atomic mass is 19.1. The summed E-state index contributed by atoms with van der Waals surface area (Å²) < 4.78 is 29.0. The zero-order valence-corrected chi connectivity index (χ0v) is 15.6. The van der Waals surface area contributed by atoms with Gasteiger partial charge in [-0.05, 0) is 43.5 Å². The predicted octanol–water partition coefficient (Wildman–Crippen LogP) is 3.46. The van der Waals surface area contributed by atoms with E-state index < -0.39 is 17.9 Å². The average molecular weight is 395 g/mol. The van der Waals surface area contributed by atoms with Crippen molar-refractivity contribution in [1.82, 2.24) is 14.8 Å². The highest BCUT2D eigenvalue weighted by Gasteiger charge is 2.52. The Kier molecular flexibility index (Phi) is 3.34. The standard InChI is InChI=1S/C21H19F2N5O/c22-16-2-1-13(25-20(29)15-7-17(15)23)6-18(16)28-9-12-5-14(8-24-19(12)26-28)27-10-21(11-27)3-4-21/h1-2,5-6,8-9,15,17H,3-4,7,10-11H2,(H,25,29)/t15-,17-/m0/s1. The molecule has 6 rings (SSSR count). The van der Waals surface area contributed by atoms with Crippen LogP contribution in [-0.2, 0) is 4.79 Å². The van der Waals surface area contributed by atoms with Crippen molar-refractivity contribution in [2.75, 3.05) is 23.3 Å². The van der Waals surface area contributed by atoms with Crippen molar-refractivity contribution in [1.29, 1.82) is 0 Å². The van der Waals surface area contributed by atoms with Crippen LogP contribution in [0.15, 0.2) is 36.7 Å². The minimum Gasteiger partial charge on any atom is -0.369 e. The Bertz CT molecular complexity index is 1150. The van der Waals surface area contributed by atoms with Crippen LogP contribution < -0.4 is 10.2 Å². The van der Waals surface area contributed by atoms with Crippen LogP contribution in [0, 0.1) is 17.2 Å². The molecule has 1 spiro atoms. The molecule has 2 aromatic heterocycles. The highest BCUT2D eigenvalue weighted by Crippen LogP contribution is 2.53. The molecule has 3 fully saturated rings. The van der Waals surface area contributed by atoms with Gasteiger partial charge in [0.15, 0.2) is 5.65 Å². The molecule has 1 amide bonds. The van der Waals surface area contributed by atoms with Crippen LogP contribution in [0.25, 0.3) is 16.7 Å². The third-order valence-corrected chi connectivity index (χ3v) is 6.23. The molecule has 0 unspecified atom stereocenters. The van der Waals surface area contributed by atoms with E-state index in [2.05, 4.69) is 20.3 Å². The first-order valence-corrected chi connectivity index (χ1v) is 9.85. The van der Waals surface area contributed by atoms with E-state index in [0.29, 0.717) is 16.7 Å². The molecular weight excluding hydrogens is 376 g/mol. The van der Waals surface area contributed by atoms with E-state index in [9.17, 15) is 13.6 Å². The maximum atomic E-state index is 14.5. The topological polar surface area (TPSA) is 63.1 Å². The van der Waals surface area contributed by atoms with Gasteiger partial charge in [-0.1, -0.05) is 0 Å². The Balaban J connectivity index is 1.28. The molecule has 148 valence electrons. The third-order valence-electron chi connectivity index (χ3n) is 6.23. The number of aromatic nitrogens is 3. The third kappa shape index (κ3) is 2.85. The molecule has 2 aliphatic carbocycles. The van der Waals surface area contributed by atoms with Crippen molar-refractivity contribution < 1.29 is 13.6 Å². The Morgan fingerprint density at radius 2 is 2.03 bits per heavy atom. The number of anilines is 2. The first-order chi connectivity index (χ1) is 14.0. The van der Waals surface area contributed by atoms with Crippen molar-refractivity contribution >= 4 is 28.3 Å². The average Bonchev–Trinajstić information content (AvgIpc) is 3.58. The molecule has 2 saturated carbocycles. The fourth-order valence-corrected chi connectivity index (χ4v) is 4.08. The zero-order chi connectivity index (χ0) is 19.8. The van der Waals surface area contributed by atoms with Gasteiger partial charge in [-0.15, -0.1) is 5.10 Å². The van der Waals surface area contributed by atoms with Gasteiger partial charge in [-0.3, -0.25) is 4.79 Å². The molecule has 3 heterocycles. The number of nitrogens with zero attached hydrogens (tertiary/aromatic N) is 4. The van der Waals surface area contributed by atoms with Crippen LogP contribution in [0.3, 0.4) is 0 Å². The summed E-state index contributed by atoms with van der Waals surface area (Å²) in [4.78, 5) is 18.7. The van der Waals surface area contributed by atoms with Gasteiger partial charge in [0.05, 0.1) is 17.8 Å². The van der Waals surface area contributed by atoms with Crippen LogP contribution in [-0.4, -0.2) is 39.9 Å². The molecule has 29 heavy (non-hydrogen) atoms. The number of nitrogens with one attached hydrogen (secondary N) is 1. The number of hydrogen-bond donors (Lipinski definition) is 1. The van der Waals surface area contributed by atoms with E-state index >= 15 is 0 Å². The lowest BCUT2D eigenvalue weighted by Crippen LogP contribution is -2.48. The molecule has 1 saturated heterocycles. The number of alkyl halides is 1. The smallest absolute Gasteiger partial charge is 0.230 e. The number of rotatable bonds is 4. The summed E-state index contributed by atoms with van der Waals surface area (Å²) in [7, 11) is 0. The highest BCUT2D eigenvalue weighted by molar-refractivity contribution is 5.95. The summed E-state index contributed by atoms with van der Waals surface area (Å²) in [6.07, 6.45) is 5.35. The maximum absolute atomic E-state index is 14.5. The summed E-state index contributed by atoms with van der Waals surface area (Å²) >= 11 is 0. The molecule has 6 nitrogen and oxygen atoms in total. The lowest BCUT2D eigenvalue weighted by atomic mass is 9.96. The number of hydrogen-bond acceptors (Lipinski definition) is 4. The summed E-state index contributed by atoms with van der Waals surface area (Å²) in [6, 6.07) is 6.26. The minimum atomic E-state index is -1.08. The second-order valence-corrected chi connectivity index (χ2v) is 8.55. The summed E-state index contributed by atoms with van der Waals surface area (Å²) in [5.74, 6) is -1.45. The minimum absolute atomic E-state index is 0.204. The van der Waals surface area contributed by atoms with Crippen molar-refractivity contribution in [2.45, 2.75) is 25.4 Å². The number of carbonyl (C=O) groups excluding carboxylic acids is 1. The SMILES string of the molecule is O=C(Nc1ccc(F)c(-n2cc3cc(N4CC5(CC5)C4)cnc3n2)c1)[C@H]1C[C@@H]1F. The van der Waals surface area contributed by atoms with Crippen molar-refractivity contribution in [3.8, 4) is 5.69 Å². The maximum Gasteiger partial charge on any atom is 0.230 e. The fraction of sp³-hybridized carbons (Fsp3) is 0.381. The first kappa shape index (κ1) is 16.9. The molecule has 1 N–H and O–H groups in total. The summed E-state index contributed by atoms with van der Waals surface area (Å²) in [5, 5.41) is 7.86. The van der Waals surface area contributed by atoms with Gasteiger partial charge in [0, 0.05) is 35.8 Å². The van der Waals surface area contributed by atoms with E-state index in [1.165, 1.54) is 35.7 Å². The van der Waals surface area contributed by atoms with Crippen molar-refractivity contribution in [2.24, 2.45) is 11.3 Å². The van der Waals surface area contributed by atoms with Gasteiger partial charge in [0.25, 0.3) is 0 Å². The van der Waals surface area contributed by atoms with Gasteiger partial charge >= 0.3 is 0 Å². The lowest BCUT2D eigenvalue weighted by molar-refractivity contribution is -0.117. The molecule has 1 aliphatic heterocycles. The van der Waals surface area contributed by atoms with Crippen molar-refractivity contribution in [3.63, 3.8) is 0 Å².